The second kappa shape index (κ2) is 12.1. The molecule has 1 amide bonds. The molecule has 0 saturated carbocycles. The lowest BCUT2D eigenvalue weighted by molar-refractivity contribution is 0.0148. The zero-order valence-electron chi connectivity index (χ0n) is 19.1. The van der Waals surface area contributed by atoms with Crippen molar-refractivity contribution in [2.45, 2.75) is 25.4 Å². The number of carboxylic acid groups (broad SMARTS) is 1. The smallest absolute Gasteiger partial charge is 0.345 e. The van der Waals surface area contributed by atoms with Crippen LogP contribution in [0.5, 0.6) is 0 Å². The number of carbonyl (C=O) groups excluding carboxylic acids is 1. The first-order valence-corrected chi connectivity index (χ1v) is 13.1. The molecule has 1 aliphatic heterocycles. The van der Waals surface area contributed by atoms with Crippen LogP contribution in [0.1, 0.15) is 37.9 Å². The Morgan fingerprint density at radius 2 is 2.03 bits per heavy atom. The summed E-state index contributed by atoms with van der Waals surface area (Å²) >= 11 is 2.53. The van der Waals surface area contributed by atoms with Crippen molar-refractivity contribution in [3.63, 3.8) is 0 Å². The zero-order valence-corrected chi connectivity index (χ0v) is 20.7. The molecule has 4 rings (SSSR count). The minimum Gasteiger partial charge on any atom is -0.477 e. The van der Waals surface area contributed by atoms with Crippen LogP contribution in [-0.4, -0.2) is 62.9 Å². The number of nitrogens with zero attached hydrogens (tertiary/aromatic N) is 2. The molecule has 2 aromatic heterocycles. The quantitative estimate of drug-likeness (QED) is 0.413. The number of furan rings is 1. The largest absolute Gasteiger partial charge is 0.477 e. The van der Waals surface area contributed by atoms with Gasteiger partial charge in [-0.1, -0.05) is 29.8 Å². The van der Waals surface area contributed by atoms with Crippen LogP contribution in [0, 0.1) is 11.8 Å². The summed E-state index contributed by atoms with van der Waals surface area (Å²) in [7, 11) is 0. The molecule has 3 heterocycles. The van der Waals surface area contributed by atoms with E-state index in [-0.39, 0.29) is 5.24 Å². The lowest BCUT2D eigenvalue weighted by Gasteiger charge is -2.38. The van der Waals surface area contributed by atoms with E-state index in [9.17, 15) is 14.7 Å². The maximum absolute atomic E-state index is 12.5. The number of hydrogen-bond donors (Lipinski definition) is 2. The molecule has 0 spiro atoms. The van der Waals surface area contributed by atoms with E-state index >= 15 is 0 Å². The molecule has 0 radical (unpaired) electrons. The minimum absolute atomic E-state index is 0.0106. The summed E-state index contributed by atoms with van der Waals surface area (Å²) in [6.45, 7) is 1.78. The van der Waals surface area contributed by atoms with E-state index in [4.69, 9.17) is 9.52 Å². The van der Waals surface area contributed by atoms with Crippen LogP contribution in [0.25, 0.3) is 0 Å². The average molecular weight is 511 g/mol. The van der Waals surface area contributed by atoms with Crippen LogP contribution >= 0.6 is 23.1 Å². The lowest BCUT2D eigenvalue weighted by Crippen LogP contribution is -2.51. The molecule has 1 fully saturated rings. The first kappa shape index (κ1) is 25.1. The third kappa shape index (κ3) is 7.23. The number of amides is 1. The van der Waals surface area contributed by atoms with Gasteiger partial charge in [0.15, 0.2) is 5.76 Å². The minimum atomic E-state index is -0.934. The Morgan fingerprint density at radius 3 is 2.80 bits per heavy atom. The zero-order chi connectivity index (χ0) is 24.6. The predicted molar refractivity (Wildman–Crippen MR) is 137 cm³/mol. The number of thioether (sulfide) groups is 1. The molecule has 1 saturated heterocycles. The maximum atomic E-state index is 12.5. The van der Waals surface area contributed by atoms with Gasteiger partial charge in [-0.3, -0.25) is 9.80 Å². The molecular formula is C26H26N2O5S2. The molecule has 1 atom stereocenters. The highest BCUT2D eigenvalue weighted by molar-refractivity contribution is 8.13. The molecule has 35 heavy (non-hydrogen) atoms. The van der Waals surface area contributed by atoms with Crippen LogP contribution in [0.2, 0.25) is 0 Å². The number of hydrazine groups is 1. The monoisotopic (exact) mass is 510 g/mol. The van der Waals surface area contributed by atoms with Gasteiger partial charge in [0.1, 0.15) is 4.88 Å². The van der Waals surface area contributed by atoms with E-state index in [2.05, 4.69) is 11.8 Å². The number of carbonyl (C=O) groups is 2. The van der Waals surface area contributed by atoms with Gasteiger partial charge in [0.05, 0.1) is 12.4 Å². The number of aromatic carboxylic acids is 1. The summed E-state index contributed by atoms with van der Waals surface area (Å²) in [5.74, 6) is 6.44. The van der Waals surface area contributed by atoms with Crippen LogP contribution in [0.3, 0.4) is 0 Å². The van der Waals surface area contributed by atoms with Crippen molar-refractivity contribution in [3.8, 4) is 11.8 Å². The van der Waals surface area contributed by atoms with Crippen molar-refractivity contribution in [1.82, 2.24) is 10.0 Å². The third-order valence-electron chi connectivity index (χ3n) is 5.54. The Labute approximate surface area is 212 Å². The summed E-state index contributed by atoms with van der Waals surface area (Å²) < 4.78 is 5.24. The Kier molecular flexibility index (Phi) is 8.66. The Bertz CT molecular complexity index is 1210. The molecule has 9 heteroatoms. The molecular weight excluding hydrogens is 484 g/mol. The molecule has 0 unspecified atom stereocenters. The second-order valence-electron chi connectivity index (χ2n) is 8.09. The second-order valence-corrected chi connectivity index (χ2v) is 10.3. The Balaban J connectivity index is 1.30. The summed E-state index contributed by atoms with van der Waals surface area (Å²) in [4.78, 5) is 24.9. The number of carboxylic acids is 1. The van der Waals surface area contributed by atoms with Gasteiger partial charge in [0.25, 0.3) is 5.24 Å². The van der Waals surface area contributed by atoms with Gasteiger partial charge in [0.2, 0.25) is 0 Å². The van der Waals surface area contributed by atoms with Crippen molar-refractivity contribution in [3.05, 3.63) is 81.4 Å². The topological polar surface area (TPSA) is 94.2 Å². The molecule has 1 aliphatic rings. The van der Waals surface area contributed by atoms with E-state index in [1.807, 2.05) is 35.3 Å². The highest BCUT2D eigenvalue weighted by atomic mass is 32.2. The highest BCUT2D eigenvalue weighted by Gasteiger charge is 2.27. The van der Waals surface area contributed by atoms with Gasteiger partial charge >= 0.3 is 5.97 Å². The van der Waals surface area contributed by atoms with Gasteiger partial charge in [-0.15, -0.1) is 11.3 Å². The summed E-state index contributed by atoms with van der Waals surface area (Å²) in [6, 6.07) is 14.8. The molecule has 1 aromatic carbocycles. The lowest BCUT2D eigenvalue weighted by atomic mass is 10.0. The van der Waals surface area contributed by atoms with Gasteiger partial charge in [-0.25, -0.2) is 9.80 Å². The third-order valence-corrected chi connectivity index (χ3v) is 7.52. The SMILES string of the molecule is O=C(O)c1ccc(CCN2C(=O)SCCN2CC[C@@H](O)Cc2cccc(C#Cc3ccco3)c2)s1. The van der Waals surface area contributed by atoms with E-state index < -0.39 is 12.1 Å². The number of benzene rings is 1. The first-order chi connectivity index (χ1) is 17.0. The average Bonchev–Trinajstić information content (AvgIpc) is 3.53. The van der Waals surface area contributed by atoms with Crippen molar-refractivity contribution >= 4 is 34.3 Å². The standard InChI is InChI=1S/C26H26N2O5S2/c29-21(18-20-4-1-3-19(17-20)6-7-22-5-2-15-33-22)10-12-27-14-16-34-26(32)28(27)13-11-23-8-9-24(35-23)25(30)31/h1-5,8-9,15,17,21,29H,10-14,16,18H2,(H,30,31)/t21-/m1/s1. The molecule has 0 aliphatic carbocycles. The predicted octanol–water partition coefficient (Wildman–Crippen LogP) is 4.36. The number of hydrogen-bond acceptors (Lipinski definition) is 7. The summed E-state index contributed by atoms with van der Waals surface area (Å²) in [5.41, 5.74) is 1.85. The Hall–Kier alpha value is -3.03. The fraction of sp³-hybridized carbons (Fsp3) is 0.308. The number of aliphatic hydroxyl groups excluding tert-OH is 1. The van der Waals surface area contributed by atoms with Crippen LogP contribution in [0.4, 0.5) is 4.79 Å². The summed E-state index contributed by atoms with van der Waals surface area (Å²) in [6.07, 6.45) is 2.66. The number of thiophene rings is 1. The van der Waals surface area contributed by atoms with Crippen molar-refractivity contribution < 1.29 is 24.2 Å². The highest BCUT2D eigenvalue weighted by Crippen LogP contribution is 2.22. The van der Waals surface area contributed by atoms with Crippen LogP contribution < -0.4 is 0 Å². The van der Waals surface area contributed by atoms with E-state index in [1.54, 1.807) is 29.5 Å². The fourth-order valence-electron chi connectivity index (χ4n) is 3.79. The van der Waals surface area contributed by atoms with Gasteiger partial charge in [0, 0.05) is 42.2 Å². The van der Waals surface area contributed by atoms with Crippen LogP contribution in [0.15, 0.2) is 59.2 Å². The van der Waals surface area contributed by atoms with Crippen LogP contribution in [-0.2, 0) is 12.8 Å². The molecule has 3 aromatic rings. The number of rotatable bonds is 9. The molecule has 0 bridgehead atoms. The molecule has 182 valence electrons. The van der Waals surface area contributed by atoms with E-state index in [1.165, 1.54) is 23.1 Å². The molecule has 2 N–H and O–H groups in total. The van der Waals surface area contributed by atoms with Crippen molar-refractivity contribution in [2.24, 2.45) is 0 Å². The van der Waals surface area contributed by atoms with E-state index in [0.29, 0.717) is 48.7 Å². The van der Waals surface area contributed by atoms with Gasteiger partial charge in [-0.2, -0.15) is 0 Å². The van der Waals surface area contributed by atoms with Gasteiger partial charge in [-0.05, 0) is 60.7 Å². The fourth-order valence-corrected chi connectivity index (χ4v) is 5.46. The number of aliphatic hydroxyl groups is 1. The Morgan fingerprint density at radius 1 is 1.14 bits per heavy atom. The summed E-state index contributed by atoms with van der Waals surface area (Å²) in [5, 5.41) is 23.5. The van der Waals surface area contributed by atoms with Gasteiger partial charge < -0.3 is 14.6 Å². The van der Waals surface area contributed by atoms with Crippen molar-refractivity contribution in [1.29, 1.82) is 0 Å². The van der Waals surface area contributed by atoms with Crippen molar-refractivity contribution in [2.75, 3.05) is 25.4 Å². The first-order valence-electron chi connectivity index (χ1n) is 11.3. The van der Waals surface area contributed by atoms with E-state index in [0.717, 1.165) is 22.5 Å². The normalized spacial score (nSPS) is 15.0. The maximum Gasteiger partial charge on any atom is 0.345 e. The molecule has 7 nitrogen and oxygen atoms in total.